The van der Waals surface area contributed by atoms with Crippen molar-refractivity contribution in [3.8, 4) is 5.75 Å². The van der Waals surface area contributed by atoms with Crippen molar-refractivity contribution in [3.63, 3.8) is 0 Å². The molecule has 0 unspecified atom stereocenters. The van der Waals surface area contributed by atoms with E-state index in [4.69, 9.17) is 4.74 Å². The van der Waals surface area contributed by atoms with Gasteiger partial charge in [0, 0.05) is 18.7 Å². The lowest BCUT2D eigenvalue weighted by Crippen LogP contribution is -2.11. The van der Waals surface area contributed by atoms with Crippen LogP contribution in [0.2, 0.25) is 0 Å². The second-order valence-electron chi connectivity index (χ2n) is 5.18. The summed E-state index contributed by atoms with van der Waals surface area (Å²) < 4.78 is 6.83. The molecule has 0 radical (unpaired) electrons. The smallest absolute Gasteiger partial charge is 0.317 e. The van der Waals surface area contributed by atoms with Crippen LogP contribution in [-0.2, 0) is 18.3 Å². The molecule has 0 amide bonds. The Kier molecular flexibility index (Phi) is 2.74. The van der Waals surface area contributed by atoms with Crippen molar-refractivity contribution in [2.45, 2.75) is 20.3 Å². The number of benzene rings is 1. The van der Waals surface area contributed by atoms with Crippen LogP contribution in [0.5, 0.6) is 5.75 Å². The fraction of sp³-hybridized carbons (Fsp3) is 0.250. The summed E-state index contributed by atoms with van der Waals surface area (Å²) >= 11 is 0. The molecule has 1 aliphatic heterocycles. The SMILES string of the molecule is Cc1ccc(C(=O)c2cc3c(n2C)CC(=O)O3)cc1C. The minimum atomic E-state index is -0.268. The first-order valence-electron chi connectivity index (χ1n) is 6.48. The summed E-state index contributed by atoms with van der Waals surface area (Å²) in [5.74, 6) is 0.182. The third kappa shape index (κ3) is 1.84. The van der Waals surface area contributed by atoms with Crippen LogP contribution in [0.25, 0.3) is 0 Å². The third-order valence-corrected chi connectivity index (χ3v) is 3.86. The molecule has 0 spiro atoms. The first kappa shape index (κ1) is 12.7. The van der Waals surface area contributed by atoms with E-state index in [0.29, 0.717) is 17.0 Å². The number of fused-ring (bicyclic) bond motifs is 1. The zero-order valence-electron chi connectivity index (χ0n) is 11.7. The molecule has 20 heavy (non-hydrogen) atoms. The topological polar surface area (TPSA) is 48.3 Å². The molecule has 4 nitrogen and oxygen atoms in total. The third-order valence-electron chi connectivity index (χ3n) is 3.86. The van der Waals surface area contributed by atoms with Crippen LogP contribution in [-0.4, -0.2) is 16.3 Å². The van der Waals surface area contributed by atoms with Crippen LogP contribution in [0.15, 0.2) is 24.3 Å². The maximum atomic E-state index is 12.6. The molecule has 1 aromatic carbocycles. The summed E-state index contributed by atoms with van der Waals surface area (Å²) in [6.45, 7) is 4.00. The quantitative estimate of drug-likeness (QED) is 0.621. The van der Waals surface area contributed by atoms with E-state index in [-0.39, 0.29) is 18.2 Å². The zero-order chi connectivity index (χ0) is 14.4. The van der Waals surface area contributed by atoms with Gasteiger partial charge in [0.1, 0.15) is 0 Å². The number of carbonyl (C=O) groups excluding carboxylic acids is 2. The minimum Gasteiger partial charge on any atom is -0.424 e. The summed E-state index contributed by atoms with van der Waals surface area (Å²) in [6.07, 6.45) is 0.228. The molecule has 1 aliphatic rings. The number of nitrogens with zero attached hydrogens (tertiary/aromatic N) is 1. The van der Waals surface area contributed by atoms with Gasteiger partial charge in [-0.1, -0.05) is 12.1 Å². The Labute approximate surface area is 117 Å². The molecule has 0 fully saturated rings. The Morgan fingerprint density at radius 2 is 1.95 bits per heavy atom. The summed E-state index contributed by atoms with van der Waals surface area (Å²) in [5, 5.41) is 0. The fourth-order valence-corrected chi connectivity index (χ4v) is 2.45. The van der Waals surface area contributed by atoms with Crippen LogP contribution >= 0.6 is 0 Å². The fourth-order valence-electron chi connectivity index (χ4n) is 2.45. The molecule has 2 heterocycles. The molecular weight excluding hydrogens is 254 g/mol. The Morgan fingerprint density at radius 3 is 2.60 bits per heavy atom. The summed E-state index contributed by atoms with van der Waals surface area (Å²) in [4.78, 5) is 23.8. The molecule has 102 valence electrons. The second-order valence-corrected chi connectivity index (χ2v) is 5.18. The van der Waals surface area contributed by atoms with E-state index in [9.17, 15) is 9.59 Å². The molecule has 0 saturated carbocycles. The molecule has 0 atom stereocenters. The van der Waals surface area contributed by atoms with Gasteiger partial charge in [0.25, 0.3) is 0 Å². The number of ether oxygens (including phenoxy) is 1. The molecule has 0 saturated heterocycles. The van der Waals surface area contributed by atoms with E-state index < -0.39 is 0 Å². The number of hydrogen-bond acceptors (Lipinski definition) is 3. The standard InChI is InChI=1S/C16H15NO3/c1-9-4-5-11(6-10(9)2)16(19)13-7-14-12(17(13)3)8-15(18)20-14/h4-7H,8H2,1-3H3. The first-order chi connectivity index (χ1) is 9.47. The van der Waals surface area contributed by atoms with Crippen molar-refractivity contribution in [2.75, 3.05) is 0 Å². The van der Waals surface area contributed by atoms with Crippen molar-refractivity contribution in [3.05, 3.63) is 52.3 Å². The van der Waals surface area contributed by atoms with Crippen LogP contribution in [0, 0.1) is 13.8 Å². The Morgan fingerprint density at radius 1 is 1.20 bits per heavy atom. The average Bonchev–Trinajstić information content (AvgIpc) is 2.91. The Balaban J connectivity index is 2.01. The number of carbonyl (C=O) groups is 2. The van der Waals surface area contributed by atoms with E-state index in [0.717, 1.165) is 16.8 Å². The average molecular weight is 269 g/mol. The largest absolute Gasteiger partial charge is 0.424 e. The lowest BCUT2D eigenvalue weighted by molar-refractivity contribution is -0.131. The highest BCUT2D eigenvalue weighted by Gasteiger charge is 2.28. The zero-order valence-corrected chi connectivity index (χ0v) is 11.7. The van der Waals surface area contributed by atoms with Gasteiger partial charge in [-0.2, -0.15) is 0 Å². The van der Waals surface area contributed by atoms with E-state index in [1.807, 2.05) is 32.0 Å². The van der Waals surface area contributed by atoms with Crippen LogP contribution in [0.4, 0.5) is 0 Å². The minimum absolute atomic E-state index is 0.0546. The molecule has 0 N–H and O–H groups in total. The van der Waals surface area contributed by atoms with E-state index in [1.54, 1.807) is 17.7 Å². The molecule has 0 aliphatic carbocycles. The van der Waals surface area contributed by atoms with E-state index in [2.05, 4.69) is 0 Å². The molecule has 1 aromatic heterocycles. The molecular formula is C16H15NO3. The predicted molar refractivity (Wildman–Crippen MR) is 74.1 cm³/mol. The van der Waals surface area contributed by atoms with Gasteiger partial charge in [0.05, 0.1) is 17.8 Å². The van der Waals surface area contributed by atoms with E-state index >= 15 is 0 Å². The maximum Gasteiger partial charge on any atom is 0.317 e. The number of aromatic nitrogens is 1. The number of hydrogen-bond donors (Lipinski definition) is 0. The highest BCUT2D eigenvalue weighted by Crippen LogP contribution is 2.30. The number of rotatable bonds is 2. The van der Waals surface area contributed by atoms with Crippen LogP contribution in [0.1, 0.15) is 32.9 Å². The van der Waals surface area contributed by atoms with Crippen molar-refractivity contribution in [2.24, 2.45) is 7.05 Å². The van der Waals surface area contributed by atoms with Crippen molar-refractivity contribution in [1.82, 2.24) is 4.57 Å². The van der Waals surface area contributed by atoms with Gasteiger partial charge < -0.3 is 9.30 Å². The normalized spacial score (nSPS) is 13.2. The van der Waals surface area contributed by atoms with Gasteiger partial charge in [-0.3, -0.25) is 9.59 Å². The summed E-state index contributed by atoms with van der Waals surface area (Å²) in [7, 11) is 1.79. The second kappa shape index (κ2) is 4.34. The lowest BCUT2D eigenvalue weighted by atomic mass is 10.0. The first-order valence-corrected chi connectivity index (χ1v) is 6.48. The highest BCUT2D eigenvalue weighted by atomic mass is 16.5. The van der Waals surface area contributed by atoms with Gasteiger partial charge in [-0.15, -0.1) is 0 Å². The molecule has 3 rings (SSSR count). The van der Waals surface area contributed by atoms with Crippen LogP contribution < -0.4 is 4.74 Å². The highest BCUT2D eigenvalue weighted by molar-refractivity contribution is 6.08. The van der Waals surface area contributed by atoms with Gasteiger partial charge in [-0.05, 0) is 31.0 Å². The summed E-state index contributed by atoms with van der Waals surface area (Å²) in [5.41, 5.74) is 4.21. The van der Waals surface area contributed by atoms with Crippen LogP contribution in [0.3, 0.4) is 0 Å². The van der Waals surface area contributed by atoms with Crippen molar-refractivity contribution in [1.29, 1.82) is 0 Å². The predicted octanol–water partition coefficient (Wildman–Crippen LogP) is 2.33. The monoisotopic (exact) mass is 269 g/mol. The maximum absolute atomic E-state index is 12.6. The summed E-state index contributed by atoms with van der Waals surface area (Å²) in [6, 6.07) is 7.31. The molecule has 2 aromatic rings. The Bertz CT molecular complexity index is 740. The Hall–Kier alpha value is -2.36. The van der Waals surface area contributed by atoms with Crippen molar-refractivity contribution >= 4 is 11.8 Å². The van der Waals surface area contributed by atoms with Gasteiger partial charge in [0.15, 0.2) is 5.75 Å². The number of aryl methyl sites for hydroxylation is 2. The molecule has 0 bridgehead atoms. The van der Waals surface area contributed by atoms with Crippen molar-refractivity contribution < 1.29 is 14.3 Å². The van der Waals surface area contributed by atoms with E-state index in [1.165, 1.54) is 0 Å². The lowest BCUT2D eigenvalue weighted by Gasteiger charge is -2.07. The number of ketones is 1. The number of esters is 1. The van der Waals surface area contributed by atoms with Gasteiger partial charge >= 0.3 is 5.97 Å². The van der Waals surface area contributed by atoms with Gasteiger partial charge in [0.2, 0.25) is 5.78 Å². The van der Waals surface area contributed by atoms with Gasteiger partial charge in [-0.25, -0.2) is 0 Å². The molecule has 4 heteroatoms.